The molecule has 0 bridgehead atoms. The van der Waals surface area contributed by atoms with Gasteiger partial charge in [0.15, 0.2) is 11.6 Å². The minimum Gasteiger partial charge on any atom is -0.505 e. The van der Waals surface area contributed by atoms with Crippen molar-refractivity contribution in [1.82, 2.24) is 5.32 Å². The molecule has 1 aromatic carbocycles. The quantitative estimate of drug-likeness (QED) is 0.803. The van der Waals surface area contributed by atoms with E-state index in [1.807, 2.05) is 20.8 Å². The van der Waals surface area contributed by atoms with E-state index in [1.54, 1.807) is 6.07 Å². The van der Waals surface area contributed by atoms with E-state index in [4.69, 9.17) is 9.84 Å². The van der Waals surface area contributed by atoms with Gasteiger partial charge in [-0.05, 0) is 38.5 Å². The van der Waals surface area contributed by atoms with Gasteiger partial charge in [0, 0.05) is 19.7 Å². The normalized spacial score (nSPS) is 11.8. The van der Waals surface area contributed by atoms with E-state index < -0.39 is 5.82 Å². The molecule has 0 saturated heterocycles. The Morgan fingerprint density at radius 1 is 1.41 bits per heavy atom. The van der Waals surface area contributed by atoms with Gasteiger partial charge in [-0.1, -0.05) is 6.07 Å². The Morgan fingerprint density at radius 3 is 2.71 bits per heavy atom. The van der Waals surface area contributed by atoms with Crippen molar-refractivity contribution < 1.29 is 14.2 Å². The second-order valence-electron chi connectivity index (χ2n) is 4.58. The van der Waals surface area contributed by atoms with Crippen LogP contribution >= 0.6 is 0 Å². The van der Waals surface area contributed by atoms with Gasteiger partial charge in [-0.15, -0.1) is 0 Å². The molecule has 0 radical (unpaired) electrons. The summed E-state index contributed by atoms with van der Waals surface area (Å²) < 4.78 is 18.6. The Kier molecular flexibility index (Phi) is 4.90. The molecule has 4 heteroatoms. The summed E-state index contributed by atoms with van der Waals surface area (Å²) in [5, 5.41) is 12.3. The zero-order chi connectivity index (χ0) is 12.9. The maximum atomic E-state index is 13.1. The zero-order valence-electron chi connectivity index (χ0n) is 10.6. The van der Waals surface area contributed by atoms with Crippen LogP contribution in [0.5, 0.6) is 5.75 Å². The molecule has 1 rings (SSSR count). The average molecular weight is 241 g/mol. The van der Waals surface area contributed by atoms with Crippen molar-refractivity contribution in [3.05, 3.63) is 29.6 Å². The lowest BCUT2D eigenvalue weighted by molar-refractivity contribution is -0.00897. The SMILES string of the molecule is CCOC(C)(C)CNCc1ccc(O)c(F)c1. The number of aromatic hydroxyl groups is 1. The van der Waals surface area contributed by atoms with Crippen molar-refractivity contribution in [3.8, 4) is 5.75 Å². The summed E-state index contributed by atoms with van der Waals surface area (Å²) >= 11 is 0. The second-order valence-corrected chi connectivity index (χ2v) is 4.58. The second kappa shape index (κ2) is 5.98. The highest BCUT2D eigenvalue weighted by molar-refractivity contribution is 5.27. The van der Waals surface area contributed by atoms with Gasteiger partial charge in [0.25, 0.3) is 0 Å². The van der Waals surface area contributed by atoms with E-state index in [0.717, 1.165) is 5.56 Å². The molecular weight excluding hydrogens is 221 g/mol. The number of nitrogens with one attached hydrogen (secondary N) is 1. The van der Waals surface area contributed by atoms with Crippen LogP contribution in [-0.4, -0.2) is 23.9 Å². The molecule has 3 nitrogen and oxygen atoms in total. The van der Waals surface area contributed by atoms with E-state index >= 15 is 0 Å². The van der Waals surface area contributed by atoms with Crippen LogP contribution in [0.3, 0.4) is 0 Å². The first kappa shape index (κ1) is 13.9. The highest BCUT2D eigenvalue weighted by Crippen LogP contribution is 2.16. The number of phenols is 1. The predicted octanol–water partition coefficient (Wildman–Crippen LogP) is 2.44. The van der Waals surface area contributed by atoms with E-state index in [-0.39, 0.29) is 11.4 Å². The van der Waals surface area contributed by atoms with Gasteiger partial charge in [0.2, 0.25) is 0 Å². The highest BCUT2D eigenvalue weighted by Gasteiger charge is 2.16. The number of hydrogen-bond acceptors (Lipinski definition) is 3. The van der Waals surface area contributed by atoms with E-state index in [9.17, 15) is 4.39 Å². The van der Waals surface area contributed by atoms with Gasteiger partial charge < -0.3 is 15.2 Å². The molecule has 17 heavy (non-hydrogen) atoms. The van der Waals surface area contributed by atoms with Crippen molar-refractivity contribution in [3.63, 3.8) is 0 Å². The molecule has 1 aromatic rings. The minimum absolute atomic E-state index is 0.232. The van der Waals surface area contributed by atoms with Gasteiger partial charge in [-0.25, -0.2) is 4.39 Å². The van der Waals surface area contributed by atoms with E-state index in [0.29, 0.717) is 19.7 Å². The summed E-state index contributed by atoms with van der Waals surface area (Å²) in [4.78, 5) is 0. The minimum atomic E-state index is -0.589. The molecule has 0 aliphatic heterocycles. The molecule has 0 aromatic heterocycles. The third-order valence-corrected chi connectivity index (χ3v) is 2.43. The molecule has 0 fully saturated rings. The van der Waals surface area contributed by atoms with Crippen LogP contribution in [-0.2, 0) is 11.3 Å². The highest BCUT2D eigenvalue weighted by atomic mass is 19.1. The van der Waals surface area contributed by atoms with Crippen molar-refractivity contribution in [2.45, 2.75) is 32.9 Å². The van der Waals surface area contributed by atoms with Crippen molar-refractivity contribution in [1.29, 1.82) is 0 Å². The predicted molar refractivity (Wildman–Crippen MR) is 65.5 cm³/mol. The molecule has 0 aliphatic rings. The van der Waals surface area contributed by atoms with Crippen LogP contribution in [0.25, 0.3) is 0 Å². The first-order valence-electron chi connectivity index (χ1n) is 5.76. The third kappa shape index (κ3) is 4.71. The molecule has 96 valence electrons. The lowest BCUT2D eigenvalue weighted by Crippen LogP contribution is -2.37. The fourth-order valence-electron chi connectivity index (χ4n) is 1.61. The van der Waals surface area contributed by atoms with Crippen LogP contribution in [0, 0.1) is 5.82 Å². The zero-order valence-corrected chi connectivity index (χ0v) is 10.6. The van der Waals surface area contributed by atoms with Gasteiger partial charge in [-0.3, -0.25) is 0 Å². The monoisotopic (exact) mass is 241 g/mol. The maximum Gasteiger partial charge on any atom is 0.165 e. The number of rotatable bonds is 6. The third-order valence-electron chi connectivity index (χ3n) is 2.43. The molecule has 2 N–H and O–H groups in total. The fourth-order valence-corrected chi connectivity index (χ4v) is 1.61. The fraction of sp³-hybridized carbons (Fsp3) is 0.538. The number of ether oxygens (including phenoxy) is 1. The lowest BCUT2D eigenvalue weighted by Gasteiger charge is -2.25. The molecule has 0 aliphatic carbocycles. The Morgan fingerprint density at radius 2 is 2.12 bits per heavy atom. The van der Waals surface area contributed by atoms with Gasteiger partial charge in [-0.2, -0.15) is 0 Å². The lowest BCUT2D eigenvalue weighted by atomic mass is 10.1. The number of phenolic OH excluding ortho intramolecular Hbond substituents is 1. The van der Waals surface area contributed by atoms with Crippen molar-refractivity contribution >= 4 is 0 Å². The summed E-state index contributed by atoms with van der Waals surface area (Å²) in [6.07, 6.45) is 0. The summed E-state index contributed by atoms with van der Waals surface area (Å²) in [5.74, 6) is -0.906. The Hall–Kier alpha value is -1.13. The summed E-state index contributed by atoms with van der Waals surface area (Å²) in [6.45, 7) is 7.86. The Labute approximate surface area is 102 Å². The maximum absolute atomic E-state index is 13.1. The van der Waals surface area contributed by atoms with Crippen molar-refractivity contribution in [2.75, 3.05) is 13.2 Å². The smallest absolute Gasteiger partial charge is 0.165 e. The first-order chi connectivity index (χ1) is 7.94. The summed E-state index contributed by atoms with van der Waals surface area (Å²) in [7, 11) is 0. The Bertz CT molecular complexity index is 366. The standard InChI is InChI=1S/C13H20FNO2/c1-4-17-13(2,3)9-15-8-10-5-6-12(16)11(14)7-10/h5-7,15-16H,4,8-9H2,1-3H3. The largest absolute Gasteiger partial charge is 0.505 e. The molecule has 0 spiro atoms. The van der Waals surface area contributed by atoms with Gasteiger partial charge >= 0.3 is 0 Å². The van der Waals surface area contributed by atoms with E-state index in [2.05, 4.69) is 5.32 Å². The number of hydrogen-bond donors (Lipinski definition) is 2. The topological polar surface area (TPSA) is 41.5 Å². The van der Waals surface area contributed by atoms with Crippen LogP contribution in [0.2, 0.25) is 0 Å². The number of benzene rings is 1. The molecule has 0 amide bonds. The van der Waals surface area contributed by atoms with Crippen molar-refractivity contribution in [2.24, 2.45) is 0 Å². The first-order valence-corrected chi connectivity index (χ1v) is 5.76. The molecule has 0 unspecified atom stereocenters. The van der Waals surface area contributed by atoms with Crippen LogP contribution in [0.1, 0.15) is 26.3 Å². The number of halogens is 1. The summed E-state index contributed by atoms with van der Waals surface area (Å²) in [6, 6.07) is 4.38. The van der Waals surface area contributed by atoms with Crippen LogP contribution in [0.15, 0.2) is 18.2 Å². The average Bonchev–Trinajstić information content (AvgIpc) is 2.23. The Balaban J connectivity index is 2.43. The van der Waals surface area contributed by atoms with E-state index in [1.165, 1.54) is 12.1 Å². The molecular formula is C13H20FNO2. The van der Waals surface area contributed by atoms with Gasteiger partial charge in [0.05, 0.1) is 5.60 Å². The van der Waals surface area contributed by atoms with Crippen LogP contribution in [0.4, 0.5) is 4.39 Å². The molecule has 0 heterocycles. The van der Waals surface area contributed by atoms with Crippen LogP contribution < -0.4 is 5.32 Å². The van der Waals surface area contributed by atoms with Gasteiger partial charge in [0.1, 0.15) is 0 Å². The molecule has 0 saturated carbocycles. The molecule has 0 atom stereocenters. The summed E-state index contributed by atoms with van der Waals surface area (Å²) in [5.41, 5.74) is 0.567.